The molecule has 2 aromatic rings. The predicted molar refractivity (Wildman–Crippen MR) is 79.7 cm³/mol. The highest BCUT2D eigenvalue weighted by Gasteiger charge is 2.26. The normalized spacial score (nSPS) is 13.5. The Labute approximate surface area is 127 Å². The smallest absolute Gasteiger partial charge is 0.254 e. The minimum Gasteiger partial charge on any atom is -0.368 e. The number of hydrogen-bond acceptors (Lipinski definition) is 5. The second-order valence-corrected chi connectivity index (χ2v) is 5.35. The van der Waals surface area contributed by atoms with Crippen LogP contribution < -0.4 is 11.1 Å². The van der Waals surface area contributed by atoms with Gasteiger partial charge in [0.1, 0.15) is 11.8 Å². The molecule has 0 aromatic carbocycles. The van der Waals surface area contributed by atoms with Crippen LogP contribution in [0.1, 0.15) is 21.6 Å². The van der Waals surface area contributed by atoms with E-state index >= 15 is 0 Å². The van der Waals surface area contributed by atoms with Crippen LogP contribution in [0.2, 0.25) is 0 Å². The Bertz CT molecular complexity index is 760. The maximum atomic E-state index is 11.9. The van der Waals surface area contributed by atoms with Crippen LogP contribution in [0.15, 0.2) is 6.20 Å². The summed E-state index contributed by atoms with van der Waals surface area (Å²) in [5.74, 6) is -0.0227. The molecule has 0 unspecified atom stereocenters. The number of nitrogens with one attached hydrogen (secondary N) is 2. The SMILES string of the molecule is N#Cc1cnc(N)nc1-c1[nH]c2c(c1I)C(=O)NCC2. The molecule has 7 nitrogen and oxygen atoms in total. The van der Waals surface area contributed by atoms with E-state index in [2.05, 4.69) is 42.9 Å². The lowest BCUT2D eigenvalue weighted by Gasteiger charge is -2.11. The van der Waals surface area contributed by atoms with Gasteiger partial charge in [-0.25, -0.2) is 9.97 Å². The van der Waals surface area contributed by atoms with Crippen LogP contribution in [0.5, 0.6) is 0 Å². The fourth-order valence-electron chi connectivity index (χ4n) is 2.17. The van der Waals surface area contributed by atoms with Crippen LogP contribution in [-0.4, -0.2) is 27.4 Å². The van der Waals surface area contributed by atoms with Gasteiger partial charge in [-0.1, -0.05) is 0 Å². The Hall–Kier alpha value is -2.15. The number of nitrogens with zero attached hydrogens (tertiary/aromatic N) is 3. The van der Waals surface area contributed by atoms with Gasteiger partial charge in [-0.3, -0.25) is 4.79 Å². The largest absolute Gasteiger partial charge is 0.368 e. The van der Waals surface area contributed by atoms with Crippen molar-refractivity contribution in [2.75, 3.05) is 12.3 Å². The van der Waals surface area contributed by atoms with Gasteiger partial charge in [0, 0.05) is 18.7 Å². The van der Waals surface area contributed by atoms with Crippen LogP contribution in [0, 0.1) is 14.9 Å². The highest BCUT2D eigenvalue weighted by molar-refractivity contribution is 14.1. The van der Waals surface area contributed by atoms with Gasteiger partial charge in [0.15, 0.2) is 0 Å². The van der Waals surface area contributed by atoms with Gasteiger partial charge in [0.25, 0.3) is 5.91 Å². The number of hydrogen-bond donors (Lipinski definition) is 3. The molecular weight excluding hydrogens is 371 g/mol. The van der Waals surface area contributed by atoms with Crippen LogP contribution in [-0.2, 0) is 6.42 Å². The summed E-state index contributed by atoms with van der Waals surface area (Å²) in [6.45, 7) is 0.596. The second kappa shape index (κ2) is 4.75. The molecule has 1 aliphatic heterocycles. The first kappa shape index (κ1) is 12.9. The molecular formula is C12H9IN6O. The average molecular weight is 380 g/mol. The van der Waals surface area contributed by atoms with E-state index in [9.17, 15) is 4.79 Å². The highest BCUT2D eigenvalue weighted by atomic mass is 127. The maximum Gasteiger partial charge on any atom is 0.254 e. The molecule has 0 aliphatic carbocycles. The van der Waals surface area contributed by atoms with Gasteiger partial charge in [-0.2, -0.15) is 5.26 Å². The number of carbonyl (C=O) groups excluding carboxylic acids is 1. The first-order valence-corrected chi connectivity index (χ1v) is 6.91. The first-order chi connectivity index (χ1) is 9.61. The standard InChI is InChI=1S/C12H9IN6O/c13-8-7-6(1-2-16-11(7)20)18-10(8)9-5(3-14)4-17-12(15)19-9/h4,18H,1-2H2,(H,16,20)(H2,15,17,19). The number of amides is 1. The monoisotopic (exact) mass is 380 g/mol. The van der Waals surface area contributed by atoms with E-state index in [4.69, 9.17) is 11.0 Å². The third-order valence-corrected chi connectivity index (χ3v) is 4.15. The van der Waals surface area contributed by atoms with E-state index in [1.54, 1.807) is 0 Å². The van der Waals surface area contributed by atoms with E-state index < -0.39 is 0 Å². The molecule has 0 radical (unpaired) electrons. The molecule has 0 spiro atoms. The van der Waals surface area contributed by atoms with Gasteiger partial charge < -0.3 is 16.0 Å². The van der Waals surface area contributed by atoms with Gasteiger partial charge in [-0.05, 0) is 22.6 Å². The fourth-order valence-corrected chi connectivity index (χ4v) is 3.13. The van der Waals surface area contributed by atoms with E-state index in [0.717, 1.165) is 15.7 Å². The van der Waals surface area contributed by atoms with Gasteiger partial charge in [-0.15, -0.1) is 0 Å². The van der Waals surface area contributed by atoms with Crippen molar-refractivity contribution < 1.29 is 4.79 Å². The number of nitrogen functional groups attached to an aromatic ring is 1. The molecule has 0 bridgehead atoms. The molecule has 3 heterocycles. The molecule has 2 aromatic heterocycles. The number of aromatic amines is 1. The molecule has 0 saturated heterocycles. The molecule has 1 aliphatic rings. The number of nitrogens with two attached hydrogens (primary N) is 1. The predicted octanol–water partition coefficient (Wildman–Crippen LogP) is 0.816. The molecule has 100 valence electrons. The van der Waals surface area contributed by atoms with Crippen molar-refractivity contribution >= 4 is 34.4 Å². The van der Waals surface area contributed by atoms with Crippen LogP contribution in [0.25, 0.3) is 11.4 Å². The lowest BCUT2D eigenvalue weighted by molar-refractivity contribution is 0.0945. The molecule has 0 atom stereocenters. The number of halogens is 1. The lowest BCUT2D eigenvalue weighted by Crippen LogP contribution is -2.31. The highest BCUT2D eigenvalue weighted by Crippen LogP contribution is 2.31. The quantitative estimate of drug-likeness (QED) is 0.633. The maximum absolute atomic E-state index is 11.9. The van der Waals surface area contributed by atoms with E-state index in [0.29, 0.717) is 29.1 Å². The number of H-pyrrole nitrogens is 1. The van der Waals surface area contributed by atoms with Crippen molar-refractivity contribution in [3.63, 3.8) is 0 Å². The molecule has 4 N–H and O–H groups in total. The second-order valence-electron chi connectivity index (χ2n) is 4.28. The zero-order valence-electron chi connectivity index (χ0n) is 10.2. The summed E-state index contributed by atoms with van der Waals surface area (Å²) >= 11 is 2.08. The number of nitriles is 1. The van der Waals surface area contributed by atoms with Crippen LogP contribution >= 0.6 is 22.6 Å². The third-order valence-electron chi connectivity index (χ3n) is 3.07. The summed E-state index contributed by atoms with van der Waals surface area (Å²) in [5.41, 5.74) is 8.44. The van der Waals surface area contributed by atoms with Crippen molar-refractivity contribution in [2.24, 2.45) is 0 Å². The third kappa shape index (κ3) is 1.90. The van der Waals surface area contributed by atoms with Crippen LogP contribution in [0.3, 0.4) is 0 Å². The minimum atomic E-state index is -0.112. The molecule has 3 rings (SSSR count). The minimum absolute atomic E-state index is 0.0897. The lowest BCUT2D eigenvalue weighted by atomic mass is 10.1. The summed E-state index contributed by atoms with van der Waals surface area (Å²) in [5, 5.41) is 11.9. The Kier molecular flexibility index (Phi) is 3.06. The number of aromatic nitrogens is 3. The summed E-state index contributed by atoms with van der Waals surface area (Å²) in [7, 11) is 0. The zero-order valence-corrected chi connectivity index (χ0v) is 12.4. The molecule has 8 heteroatoms. The average Bonchev–Trinajstić information content (AvgIpc) is 2.77. The Morgan fingerprint density at radius 2 is 2.30 bits per heavy atom. The van der Waals surface area contributed by atoms with Crippen molar-refractivity contribution in [1.82, 2.24) is 20.3 Å². The molecule has 20 heavy (non-hydrogen) atoms. The topological polar surface area (TPSA) is 120 Å². The Morgan fingerprint density at radius 1 is 1.50 bits per heavy atom. The zero-order chi connectivity index (χ0) is 14.3. The Morgan fingerprint density at radius 3 is 3.00 bits per heavy atom. The van der Waals surface area contributed by atoms with E-state index in [1.807, 2.05) is 6.07 Å². The number of fused-ring (bicyclic) bond motifs is 1. The van der Waals surface area contributed by atoms with Crippen molar-refractivity contribution in [2.45, 2.75) is 6.42 Å². The summed E-state index contributed by atoms with van der Waals surface area (Å²) < 4.78 is 0.740. The van der Waals surface area contributed by atoms with Gasteiger partial charge in [0.05, 0.1) is 26.6 Å². The van der Waals surface area contributed by atoms with Crippen molar-refractivity contribution in [1.29, 1.82) is 5.26 Å². The molecule has 0 saturated carbocycles. The number of anilines is 1. The summed E-state index contributed by atoms with van der Waals surface area (Å²) in [4.78, 5) is 23.0. The number of rotatable bonds is 1. The fraction of sp³-hybridized carbons (Fsp3) is 0.167. The molecule has 1 amide bonds. The molecule has 0 fully saturated rings. The summed E-state index contributed by atoms with van der Waals surface area (Å²) in [6, 6.07) is 2.04. The van der Waals surface area contributed by atoms with Crippen molar-refractivity contribution in [3.8, 4) is 17.5 Å². The van der Waals surface area contributed by atoms with E-state index in [-0.39, 0.29) is 11.9 Å². The van der Waals surface area contributed by atoms with Crippen molar-refractivity contribution in [3.05, 3.63) is 26.6 Å². The van der Waals surface area contributed by atoms with Gasteiger partial charge in [0.2, 0.25) is 5.95 Å². The summed E-state index contributed by atoms with van der Waals surface area (Å²) in [6.07, 6.45) is 2.10. The van der Waals surface area contributed by atoms with E-state index in [1.165, 1.54) is 6.20 Å². The van der Waals surface area contributed by atoms with Gasteiger partial charge >= 0.3 is 0 Å². The number of carbonyl (C=O) groups is 1. The Balaban J connectivity index is 2.24. The first-order valence-electron chi connectivity index (χ1n) is 5.83. The van der Waals surface area contributed by atoms with Crippen LogP contribution in [0.4, 0.5) is 5.95 Å².